The van der Waals surface area contributed by atoms with Gasteiger partial charge in [-0.15, -0.1) is 0 Å². The molecule has 1 amide bonds. The first-order valence-electron chi connectivity index (χ1n) is 5.37. The average molecular weight is 237 g/mol. The first-order valence-corrected chi connectivity index (χ1v) is 5.37. The van der Waals surface area contributed by atoms with Gasteiger partial charge in [-0.05, 0) is 18.8 Å². The van der Waals surface area contributed by atoms with E-state index < -0.39 is 24.1 Å². The third kappa shape index (κ3) is 2.31. The van der Waals surface area contributed by atoms with Gasteiger partial charge in [-0.1, -0.05) is 0 Å². The molecule has 0 aromatic rings. The van der Waals surface area contributed by atoms with Crippen molar-refractivity contribution in [1.29, 1.82) is 0 Å². The van der Waals surface area contributed by atoms with Gasteiger partial charge in [-0.25, -0.2) is 0 Å². The summed E-state index contributed by atoms with van der Waals surface area (Å²) in [6, 6.07) is 0. The van der Waals surface area contributed by atoms with Gasteiger partial charge in [0.05, 0.1) is 0 Å². The van der Waals surface area contributed by atoms with Crippen molar-refractivity contribution in [1.82, 2.24) is 5.32 Å². The molecule has 6 heteroatoms. The summed E-state index contributed by atoms with van der Waals surface area (Å²) in [5.41, 5.74) is -0.676. The standard InChI is InChI=1S/C10H14F3NO2/c11-10(12,13)6-7-5-8(15)14-9(7)1-3-16-4-2-9/h7H,1-6H2,(H,14,15). The van der Waals surface area contributed by atoms with Gasteiger partial charge >= 0.3 is 6.18 Å². The molecule has 1 spiro atoms. The van der Waals surface area contributed by atoms with E-state index in [1.807, 2.05) is 0 Å². The predicted octanol–water partition coefficient (Wildman–Crippen LogP) is 1.62. The van der Waals surface area contributed by atoms with Crippen LogP contribution in [0.4, 0.5) is 13.2 Å². The van der Waals surface area contributed by atoms with E-state index in [1.54, 1.807) is 0 Å². The molecular weight excluding hydrogens is 223 g/mol. The molecule has 1 atom stereocenters. The van der Waals surface area contributed by atoms with Crippen molar-refractivity contribution in [3.63, 3.8) is 0 Å². The molecule has 3 nitrogen and oxygen atoms in total. The van der Waals surface area contributed by atoms with Crippen molar-refractivity contribution in [3.05, 3.63) is 0 Å². The number of carbonyl (C=O) groups excluding carboxylic acids is 1. The highest BCUT2D eigenvalue weighted by Gasteiger charge is 2.50. The summed E-state index contributed by atoms with van der Waals surface area (Å²) in [4.78, 5) is 11.3. The Balaban J connectivity index is 2.12. The zero-order valence-corrected chi connectivity index (χ0v) is 8.77. The summed E-state index contributed by atoms with van der Waals surface area (Å²) in [5, 5.41) is 2.72. The number of carbonyl (C=O) groups is 1. The van der Waals surface area contributed by atoms with Crippen LogP contribution in [0.3, 0.4) is 0 Å². The van der Waals surface area contributed by atoms with Crippen LogP contribution in [0.15, 0.2) is 0 Å². The summed E-state index contributed by atoms with van der Waals surface area (Å²) in [7, 11) is 0. The molecule has 2 fully saturated rings. The Labute approximate surface area is 91.3 Å². The van der Waals surface area contributed by atoms with E-state index in [9.17, 15) is 18.0 Å². The number of ether oxygens (including phenoxy) is 1. The van der Waals surface area contributed by atoms with Crippen LogP contribution < -0.4 is 5.32 Å². The fraction of sp³-hybridized carbons (Fsp3) is 0.900. The molecule has 0 aliphatic carbocycles. The summed E-state index contributed by atoms with van der Waals surface area (Å²) in [6.07, 6.45) is -4.13. The molecular formula is C10H14F3NO2. The van der Waals surface area contributed by atoms with E-state index in [0.29, 0.717) is 26.1 Å². The van der Waals surface area contributed by atoms with Crippen LogP contribution in [0.1, 0.15) is 25.7 Å². The Morgan fingerprint density at radius 3 is 2.56 bits per heavy atom. The first kappa shape index (κ1) is 11.7. The highest BCUT2D eigenvalue weighted by molar-refractivity contribution is 5.80. The number of hydrogen-bond donors (Lipinski definition) is 1. The molecule has 0 radical (unpaired) electrons. The van der Waals surface area contributed by atoms with E-state index in [-0.39, 0.29) is 12.3 Å². The number of alkyl halides is 3. The highest BCUT2D eigenvalue weighted by atomic mass is 19.4. The van der Waals surface area contributed by atoms with Crippen molar-refractivity contribution in [3.8, 4) is 0 Å². The maximum absolute atomic E-state index is 12.4. The van der Waals surface area contributed by atoms with Gasteiger partial charge in [-0.3, -0.25) is 4.79 Å². The number of nitrogens with one attached hydrogen (secondary N) is 1. The molecule has 92 valence electrons. The summed E-state index contributed by atoms with van der Waals surface area (Å²) in [6.45, 7) is 0.850. The minimum Gasteiger partial charge on any atom is -0.381 e. The molecule has 0 bridgehead atoms. The highest BCUT2D eigenvalue weighted by Crippen LogP contribution is 2.41. The second-order valence-electron chi connectivity index (χ2n) is 4.54. The average Bonchev–Trinajstić information content (AvgIpc) is 2.41. The second-order valence-corrected chi connectivity index (χ2v) is 4.54. The van der Waals surface area contributed by atoms with Crippen molar-refractivity contribution in [2.24, 2.45) is 5.92 Å². The summed E-state index contributed by atoms with van der Waals surface area (Å²) >= 11 is 0. The maximum Gasteiger partial charge on any atom is 0.389 e. The molecule has 1 N–H and O–H groups in total. The van der Waals surface area contributed by atoms with Gasteiger partial charge in [0, 0.05) is 31.6 Å². The van der Waals surface area contributed by atoms with Gasteiger partial charge in [0.2, 0.25) is 5.91 Å². The molecule has 0 saturated carbocycles. The topological polar surface area (TPSA) is 38.3 Å². The monoisotopic (exact) mass is 237 g/mol. The van der Waals surface area contributed by atoms with E-state index >= 15 is 0 Å². The first-order chi connectivity index (χ1) is 7.41. The zero-order valence-electron chi connectivity index (χ0n) is 8.77. The Hall–Kier alpha value is -0.780. The molecule has 16 heavy (non-hydrogen) atoms. The van der Waals surface area contributed by atoms with Crippen LogP contribution in [0.2, 0.25) is 0 Å². The molecule has 2 saturated heterocycles. The number of hydrogen-bond acceptors (Lipinski definition) is 2. The van der Waals surface area contributed by atoms with E-state index in [2.05, 4.69) is 5.32 Å². The van der Waals surface area contributed by atoms with Crippen LogP contribution in [0, 0.1) is 5.92 Å². The third-order valence-electron chi connectivity index (χ3n) is 3.46. The van der Waals surface area contributed by atoms with E-state index in [0.717, 1.165) is 0 Å². The lowest BCUT2D eigenvalue weighted by atomic mass is 9.77. The Morgan fingerprint density at radius 2 is 2.00 bits per heavy atom. The largest absolute Gasteiger partial charge is 0.389 e. The van der Waals surface area contributed by atoms with Gasteiger partial charge in [0.25, 0.3) is 0 Å². The van der Waals surface area contributed by atoms with Crippen LogP contribution in [-0.4, -0.2) is 30.8 Å². The van der Waals surface area contributed by atoms with Gasteiger partial charge < -0.3 is 10.1 Å². The number of rotatable bonds is 1. The lowest BCUT2D eigenvalue weighted by Gasteiger charge is -2.38. The van der Waals surface area contributed by atoms with E-state index in [1.165, 1.54) is 0 Å². The molecule has 2 aliphatic heterocycles. The lowest BCUT2D eigenvalue weighted by molar-refractivity contribution is -0.151. The summed E-state index contributed by atoms with van der Waals surface area (Å²) < 4.78 is 42.3. The molecule has 0 aromatic carbocycles. The van der Waals surface area contributed by atoms with Crippen LogP contribution in [0.5, 0.6) is 0 Å². The Morgan fingerprint density at radius 1 is 1.38 bits per heavy atom. The van der Waals surface area contributed by atoms with Crippen molar-refractivity contribution >= 4 is 5.91 Å². The fourth-order valence-electron chi connectivity index (χ4n) is 2.67. The van der Waals surface area contributed by atoms with Crippen molar-refractivity contribution in [2.75, 3.05) is 13.2 Å². The zero-order chi connectivity index (χ0) is 11.8. The van der Waals surface area contributed by atoms with Gasteiger partial charge in [0.15, 0.2) is 0 Å². The maximum atomic E-state index is 12.4. The van der Waals surface area contributed by atoms with Gasteiger partial charge in [-0.2, -0.15) is 13.2 Å². The lowest BCUT2D eigenvalue weighted by Crippen LogP contribution is -2.50. The van der Waals surface area contributed by atoms with Gasteiger partial charge in [0.1, 0.15) is 0 Å². The number of amides is 1. The minimum absolute atomic E-state index is 0.0144. The fourth-order valence-corrected chi connectivity index (χ4v) is 2.67. The van der Waals surface area contributed by atoms with Crippen LogP contribution in [-0.2, 0) is 9.53 Å². The second kappa shape index (κ2) is 3.91. The van der Waals surface area contributed by atoms with E-state index in [4.69, 9.17) is 4.74 Å². The quantitative estimate of drug-likeness (QED) is 0.752. The minimum atomic E-state index is -4.21. The van der Waals surface area contributed by atoms with Crippen LogP contribution in [0.25, 0.3) is 0 Å². The Bertz CT molecular complexity index is 284. The van der Waals surface area contributed by atoms with Crippen LogP contribution >= 0.6 is 0 Å². The smallest absolute Gasteiger partial charge is 0.381 e. The molecule has 2 heterocycles. The SMILES string of the molecule is O=C1CC(CC(F)(F)F)C2(CCOCC2)N1. The number of halogens is 3. The predicted molar refractivity (Wildman–Crippen MR) is 49.7 cm³/mol. The Kier molecular flexibility index (Phi) is 2.86. The molecule has 2 rings (SSSR count). The normalized spacial score (nSPS) is 29.4. The molecule has 1 unspecified atom stereocenters. The molecule has 0 aromatic heterocycles. The molecule has 2 aliphatic rings. The third-order valence-corrected chi connectivity index (χ3v) is 3.46. The summed E-state index contributed by atoms with van der Waals surface area (Å²) in [5.74, 6) is -0.903. The van der Waals surface area contributed by atoms with Crippen molar-refractivity contribution < 1.29 is 22.7 Å². The van der Waals surface area contributed by atoms with Crippen molar-refractivity contribution in [2.45, 2.75) is 37.4 Å².